The van der Waals surface area contributed by atoms with E-state index >= 15 is 0 Å². The summed E-state index contributed by atoms with van der Waals surface area (Å²) in [4.78, 5) is 12.0. The predicted octanol–water partition coefficient (Wildman–Crippen LogP) is 0.694. The van der Waals surface area contributed by atoms with Crippen molar-refractivity contribution in [2.75, 3.05) is 7.11 Å². The van der Waals surface area contributed by atoms with E-state index in [1.165, 1.54) is 7.11 Å². The number of thiocarbonyl (C=S) groups is 1. The fourth-order valence-electron chi connectivity index (χ4n) is 2.11. The van der Waals surface area contributed by atoms with Crippen LogP contribution in [0.5, 0.6) is 0 Å². The van der Waals surface area contributed by atoms with E-state index in [9.17, 15) is 4.79 Å². The van der Waals surface area contributed by atoms with Gasteiger partial charge in [0.25, 0.3) is 0 Å². The minimum absolute atomic E-state index is 0.338. The molecule has 1 aromatic rings. The molecule has 0 fully saturated rings. The Balaban J connectivity index is 2.52. The van der Waals surface area contributed by atoms with Gasteiger partial charge in [0.05, 0.1) is 24.9 Å². The molecule has 0 bridgehead atoms. The molecule has 102 valence electrons. The van der Waals surface area contributed by atoms with E-state index in [0.29, 0.717) is 16.4 Å². The summed E-state index contributed by atoms with van der Waals surface area (Å²) in [6, 6.07) is -0.338. The first-order valence-electron chi connectivity index (χ1n) is 5.80. The van der Waals surface area contributed by atoms with Crippen LogP contribution in [0.1, 0.15) is 24.2 Å². The molecular formula is C12H16N4O2S. The number of esters is 1. The molecular weight excluding hydrogens is 264 g/mol. The third kappa shape index (κ3) is 2.33. The Hall–Kier alpha value is -1.89. The van der Waals surface area contributed by atoms with Gasteiger partial charge >= 0.3 is 5.97 Å². The van der Waals surface area contributed by atoms with Crippen LogP contribution in [0.4, 0.5) is 0 Å². The lowest BCUT2D eigenvalue weighted by Gasteiger charge is -2.29. The first-order valence-corrected chi connectivity index (χ1v) is 6.21. The van der Waals surface area contributed by atoms with Crippen molar-refractivity contribution >= 4 is 23.3 Å². The van der Waals surface area contributed by atoms with E-state index < -0.39 is 0 Å². The standard InChI is InChI=1S/C12H16N4O2S/c1-6-9(11(17)18-4)10(15-12(19)14-6)8-5-13-16(3)7(8)2/h5,10H,1-4H3,(H2,14,15,19)/t10-/m1/s1. The number of rotatable bonds is 2. The van der Waals surface area contributed by atoms with Gasteiger partial charge in [0.15, 0.2) is 5.11 Å². The molecule has 1 aromatic heterocycles. The summed E-state index contributed by atoms with van der Waals surface area (Å²) in [6.45, 7) is 3.75. The molecule has 1 atom stereocenters. The highest BCUT2D eigenvalue weighted by molar-refractivity contribution is 7.80. The number of carbonyl (C=O) groups excluding carboxylic acids is 1. The number of carbonyl (C=O) groups is 1. The number of allylic oxidation sites excluding steroid dienone is 1. The maximum absolute atomic E-state index is 12.0. The van der Waals surface area contributed by atoms with E-state index in [-0.39, 0.29) is 12.0 Å². The molecule has 2 N–H and O–H groups in total. The van der Waals surface area contributed by atoms with Crippen LogP contribution in [0.2, 0.25) is 0 Å². The summed E-state index contributed by atoms with van der Waals surface area (Å²) in [7, 11) is 3.22. The zero-order valence-corrected chi connectivity index (χ0v) is 12.1. The van der Waals surface area contributed by atoms with Gasteiger partial charge < -0.3 is 15.4 Å². The van der Waals surface area contributed by atoms with Gasteiger partial charge in [-0.25, -0.2) is 4.79 Å². The number of aryl methyl sites for hydroxylation is 1. The molecule has 0 spiro atoms. The van der Waals surface area contributed by atoms with Crippen molar-refractivity contribution in [1.82, 2.24) is 20.4 Å². The molecule has 0 amide bonds. The predicted molar refractivity (Wildman–Crippen MR) is 74.3 cm³/mol. The van der Waals surface area contributed by atoms with E-state index in [1.54, 1.807) is 17.8 Å². The minimum atomic E-state index is -0.381. The lowest BCUT2D eigenvalue weighted by Crippen LogP contribution is -2.45. The van der Waals surface area contributed by atoms with Crippen molar-refractivity contribution < 1.29 is 9.53 Å². The van der Waals surface area contributed by atoms with Gasteiger partial charge in [-0.3, -0.25) is 4.68 Å². The smallest absolute Gasteiger partial charge is 0.337 e. The van der Waals surface area contributed by atoms with Gasteiger partial charge in [-0.05, 0) is 26.1 Å². The zero-order valence-electron chi connectivity index (χ0n) is 11.3. The number of hydrogen-bond donors (Lipinski definition) is 2. The molecule has 1 aliphatic rings. The van der Waals surface area contributed by atoms with Crippen molar-refractivity contribution in [2.45, 2.75) is 19.9 Å². The van der Waals surface area contributed by atoms with E-state index in [0.717, 1.165) is 11.3 Å². The lowest BCUT2D eigenvalue weighted by atomic mass is 9.96. The molecule has 6 nitrogen and oxygen atoms in total. The topological polar surface area (TPSA) is 68.2 Å². The fourth-order valence-corrected chi connectivity index (χ4v) is 2.38. The highest BCUT2D eigenvalue weighted by Crippen LogP contribution is 2.29. The Morgan fingerprint density at radius 2 is 2.21 bits per heavy atom. The number of aromatic nitrogens is 2. The van der Waals surface area contributed by atoms with Crippen LogP contribution in [-0.4, -0.2) is 28.0 Å². The highest BCUT2D eigenvalue weighted by atomic mass is 32.1. The van der Waals surface area contributed by atoms with Gasteiger partial charge in [0.2, 0.25) is 0 Å². The SMILES string of the molecule is COC(=O)C1=C(C)NC(=S)N[C@@H]1c1cnn(C)c1C. The highest BCUT2D eigenvalue weighted by Gasteiger charge is 2.32. The molecule has 0 unspecified atom stereocenters. The van der Waals surface area contributed by atoms with Crippen LogP contribution in [0.15, 0.2) is 17.5 Å². The van der Waals surface area contributed by atoms with Crippen molar-refractivity contribution in [3.63, 3.8) is 0 Å². The minimum Gasteiger partial charge on any atom is -0.466 e. The second-order valence-corrected chi connectivity index (χ2v) is 4.78. The lowest BCUT2D eigenvalue weighted by molar-refractivity contribution is -0.136. The van der Waals surface area contributed by atoms with Crippen molar-refractivity contribution in [1.29, 1.82) is 0 Å². The monoisotopic (exact) mass is 280 g/mol. The summed E-state index contributed by atoms with van der Waals surface area (Å²) < 4.78 is 6.60. The maximum atomic E-state index is 12.0. The zero-order chi connectivity index (χ0) is 14.2. The van der Waals surface area contributed by atoms with Gasteiger partial charge in [-0.2, -0.15) is 5.10 Å². The van der Waals surface area contributed by atoms with Crippen LogP contribution < -0.4 is 10.6 Å². The Labute approximate surface area is 116 Å². The molecule has 0 aromatic carbocycles. The maximum Gasteiger partial charge on any atom is 0.337 e. The number of ether oxygens (including phenoxy) is 1. The number of nitrogens with zero attached hydrogens (tertiary/aromatic N) is 2. The summed E-state index contributed by atoms with van der Waals surface area (Å²) in [5, 5.41) is 10.7. The summed E-state index contributed by atoms with van der Waals surface area (Å²) in [5.41, 5.74) is 3.10. The third-order valence-electron chi connectivity index (χ3n) is 3.26. The first-order chi connectivity index (χ1) is 8.95. The summed E-state index contributed by atoms with van der Waals surface area (Å²) >= 11 is 5.15. The van der Waals surface area contributed by atoms with Gasteiger partial charge in [-0.1, -0.05) is 0 Å². The molecule has 2 heterocycles. The summed E-state index contributed by atoms with van der Waals surface area (Å²) in [5.74, 6) is -0.381. The van der Waals surface area contributed by atoms with Crippen LogP contribution in [0, 0.1) is 6.92 Å². The third-order valence-corrected chi connectivity index (χ3v) is 3.48. The average Bonchev–Trinajstić information content (AvgIpc) is 2.68. The number of hydrogen-bond acceptors (Lipinski definition) is 4. The quantitative estimate of drug-likeness (QED) is 0.614. The Morgan fingerprint density at radius 3 is 2.74 bits per heavy atom. The van der Waals surface area contributed by atoms with Gasteiger partial charge in [0, 0.05) is 24.0 Å². The molecule has 0 saturated carbocycles. The van der Waals surface area contributed by atoms with Crippen LogP contribution in [0.25, 0.3) is 0 Å². The molecule has 0 aliphatic carbocycles. The second kappa shape index (κ2) is 5.00. The van der Waals surface area contributed by atoms with E-state index in [4.69, 9.17) is 17.0 Å². The van der Waals surface area contributed by atoms with Crippen molar-refractivity contribution in [3.05, 3.63) is 28.7 Å². The van der Waals surface area contributed by atoms with E-state index in [2.05, 4.69) is 15.7 Å². The van der Waals surface area contributed by atoms with Gasteiger partial charge in [-0.15, -0.1) is 0 Å². The molecule has 2 rings (SSSR count). The van der Waals surface area contributed by atoms with Crippen LogP contribution >= 0.6 is 12.2 Å². The Bertz CT molecular complexity index is 576. The summed E-state index contributed by atoms with van der Waals surface area (Å²) in [6.07, 6.45) is 1.73. The molecule has 1 aliphatic heterocycles. The fraction of sp³-hybridized carbons (Fsp3) is 0.417. The number of nitrogens with one attached hydrogen (secondary N) is 2. The molecule has 0 saturated heterocycles. The largest absolute Gasteiger partial charge is 0.466 e. The second-order valence-electron chi connectivity index (χ2n) is 4.37. The van der Waals surface area contributed by atoms with Gasteiger partial charge in [0.1, 0.15) is 0 Å². The molecule has 0 radical (unpaired) electrons. The number of methoxy groups -OCH3 is 1. The van der Waals surface area contributed by atoms with Crippen LogP contribution in [-0.2, 0) is 16.6 Å². The van der Waals surface area contributed by atoms with Crippen molar-refractivity contribution in [3.8, 4) is 0 Å². The van der Waals surface area contributed by atoms with E-state index in [1.807, 2.05) is 14.0 Å². The van der Waals surface area contributed by atoms with Crippen molar-refractivity contribution in [2.24, 2.45) is 7.05 Å². The normalized spacial score (nSPS) is 18.9. The molecule has 7 heteroatoms. The Kier molecular flexibility index (Phi) is 3.57. The van der Waals surface area contributed by atoms with Crippen LogP contribution in [0.3, 0.4) is 0 Å². The Morgan fingerprint density at radius 1 is 1.53 bits per heavy atom. The average molecular weight is 280 g/mol. The first kappa shape index (κ1) is 13.5. The molecule has 19 heavy (non-hydrogen) atoms.